The van der Waals surface area contributed by atoms with E-state index in [0.29, 0.717) is 18.4 Å². The van der Waals surface area contributed by atoms with Crippen LogP contribution in [0.5, 0.6) is 0 Å². The van der Waals surface area contributed by atoms with Crippen LogP contribution in [0.3, 0.4) is 0 Å². The summed E-state index contributed by atoms with van der Waals surface area (Å²) in [5.41, 5.74) is 23.2. The number of nitrogens with one attached hydrogen (secondary N) is 10. The third-order valence-electron chi connectivity index (χ3n) is 12.8. The summed E-state index contributed by atoms with van der Waals surface area (Å²) in [7, 11) is 0. The van der Waals surface area contributed by atoms with Crippen LogP contribution in [0, 0.1) is 17.8 Å². The number of unbranched alkanes of at least 4 members (excludes halogenated alkanes) is 1. The van der Waals surface area contributed by atoms with Gasteiger partial charge in [-0.2, -0.15) is 12.6 Å². The van der Waals surface area contributed by atoms with E-state index in [1.807, 2.05) is 6.92 Å². The predicted octanol–water partition coefficient (Wildman–Crippen LogP) is -4.53. The first kappa shape index (κ1) is 74.4. The molecule has 0 aliphatic rings. The molecule has 1 rings (SSSR count). The second-order valence-corrected chi connectivity index (χ2v) is 21.3. The Balaban J connectivity index is 3.18. The molecule has 0 spiro atoms. The molecule has 0 radical (unpaired) electrons. The minimum absolute atomic E-state index is 0.0402. The summed E-state index contributed by atoms with van der Waals surface area (Å²) in [4.78, 5) is 162. The number of aliphatic carboxylic acids is 2. The van der Waals surface area contributed by atoms with Gasteiger partial charge in [0, 0.05) is 18.7 Å². The summed E-state index contributed by atoms with van der Waals surface area (Å²) in [5.74, 6) is -13.3. The van der Waals surface area contributed by atoms with Crippen molar-refractivity contribution >= 4 is 89.6 Å². The van der Waals surface area contributed by atoms with E-state index in [2.05, 4.69) is 70.8 Å². The minimum atomic E-state index is -1.87. The summed E-state index contributed by atoms with van der Waals surface area (Å²) < 4.78 is 0. The Kier molecular flexibility index (Phi) is 35.2. The van der Waals surface area contributed by atoms with Crippen LogP contribution in [0.2, 0.25) is 0 Å². The lowest BCUT2D eigenvalue weighted by Gasteiger charge is -2.27. The number of hydrogen-bond acceptors (Lipinski definition) is 17. The number of guanidine groups is 1. The SMILES string of the molecule is CC[C@H](C)[C@H](N)C(=O)N[C@@H](CCCN=C(N)N)C(=O)NCC(=O)N[C@@H](CO)C(=O)N[C@@H](CC(C)C)C(=O)N[C@@H](CCCCN)C(=O)N[C@@H](CC(=O)O)C(=O)N[C@@H](CS)C(=O)NCC(=O)N[C@@H](CC(C)C)C(=O)N[C@@H](Cc1ccccc1)C(=O)O. The third kappa shape index (κ3) is 29.6. The molecule has 0 aromatic heterocycles. The maximum absolute atomic E-state index is 14.0. The normalized spacial score (nSPS) is 14.6. The average molecular weight is 1210 g/mol. The number of aliphatic imine (C=N–C) groups is 1. The topological polar surface area (TPSA) is 502 Å². The van der Waals surface area contributed by atoms with E-state index in [-0.39, 0.29) is 81.7 Å². The highest BCUT2D eigenvalue weighted by molar-refractivity contribution is 7.80. The molecule has 1 aromatic carbocycles. The maximum Gasteiger partial charge on any atom is 0.326 e. The summed E-state index contributed by atoms with van der Waals surface area (Å²) in [6, 6.07) is -4.07. The number of benzene rings is 1. The lowest BCUT2D eigenvalue weighted by Crippen LogP contribution is -2.60. The second-order valence-electron chi connectivity index (χ2n) is 20.9. The smallest absolute Gasteiger partial charge is 0.326 e. The van der Waals surface area contributed by atoms with Crippen molar-refractivity contribution in [2.45, 2.75) is 160 Å². The van der Waals surface area contributed by atoms with Gasteiger partial charge in [0.25, 0.3) is 0 Å². The van der Waals surface area contributed by atoms with Crippen LogP contribution >= 0.6 is 12.6 Å². The Bertz CT molecular complexity index is 2380. The standard InChI is InChI=1S/C53H89N15O15S/c1-7-30(6)43(55)51(81)64-32(17-13-19-58-53(56)57)44(74)59-25-41(71)62-38(26-69)50(80)65-35(21-29(4)5)48(78)63-33(16-11-12-18-54)46(76)66-36(23-42(72)73)49(79)68-39(27-84)45(75)60-24-40(70)61-34(20-28(2)3)47(77)67-37(52(82)83)22-31-14-9-8-10-15-31/h8-10,14-15,28-30,32-39,43,69,84H,7,11-13,16-27,54-55H2,1-6H3,(H,59,74)(H,60,75)(H,61,70)(H,62,71)(H,63,78)(H,64,81)(H,65,80)(H,66,76)(H,67,77)(H,68,79)(H,72,73)(H,82,83)(H4,56,57,58)/t30-,32-,33-,34-,35-,36-,37-,38-,39-,43-/m0/s1. The zero-order chi connectivity index (χ0) is 63.6. The molecule has 0 saturated carbocycles. The number of amides is 10. The van der Waals surface area contributed by atoms with Crippen molar-refractivity contribution < 1.29 is 72.9 Å². The highest BCUT2D eigenvalue weighted by Gasteiger charge is 2.35. The Morgan fingerprint density at radius 2 is 1.00 bits per heavy atom. The molecule has 0 saturated heterocycles. The molecule has 0 bridgehead atoms. The monoisotopic (exact) mass is 1210 g/mol. The summed E-state index contributed by atoms with van der Waals surface area (Å²) in [6.45, 7) is 8.41. The van der Waals surface area contributed by atoms with Crippen LogP contribution in [0.25, 0.3) is 0 Å². The highest BCUT2D eigenvalue weighted by atomic mass is 32.1. The number of aliphatic hydroxyl groups is 1. The van der Waals surface area contributed by atoms with Gasteiger partial charge in [-0.3, -0.25) is 57.7 Å². The number of carboxylic acids is 2. The number of nitrogens with zero attached hydrogens (tertiary/aromatic N) is 1. The molecule has 0 heterocycles. The largest absolute Gasteiger partial charge is 0.481 e. The van der Waals surface area contributed by atoms with Crippen LogP contribution in [-0.2, 0) is 64.0 Å². The summed E-state index contributed by atoms with van der Waals surface area (Å²) in [6.07, 6.45) is 0.320. The Labute approximate surface area is 494 Å². The fourth-order valence-corrected chi connectivity index (χ4v) is 8.23. The molecule has 0 aliphatic carbocycles. The van der Waals surface area contributed by atoms with E-state index in [9.17, 15) is 72.9 Å². The van der Waals surface area contributed by atoms with E-state index in [1.54, 1.807) is 65.0 Å². The maximum atomic E-state index is 14.0. The number of thiol groups is 1. The van der Waals surface area contributed by atoms with Crippen molar-refractivity contribution in [3.8, 4) is 0 Å². The lowest BCUT2D eigenvalue weighted by molar-refractivity contribution is -0.142. The molecule has 0 unspecified atom stereocenters. The Hall–Kier alpha value is -7.64. The van der Waals surface area contributed by atoms with Crippen molar-refractivity contribution in [1.29, 1.82) is 0 Å². The zero-order valence-electron chi connectivity index (χ0n) is 48.6. The third-order valence-corrected chi connectivity index (χ3v) is 13.2. The highest BCUT2D eigenvalue weighted by Crippen LogP contribution is 2.12. The van der Waals surface area contributed by atoms with Gasteiger partial charge in [0.15, 0.2) is 5.96 Å². The van der Waals surface area contributed by atoms with Crippen molar-refractivity contribution in [2.24, 2.45) is 45.7 Å². The first-order chi connectivity index (χ1) is 39.6. The number of aliphatic hydroxyl groups excluding tert-OH is 1. The Morgan fingerprint density at radius 3 is 1.50 bits per heavy atom. The molecule has 84 heavy (non-hydrogen) atoms. The van der Waals surface area contributed by atoms with E-state index >= 15 is 0 Å². The quantitative estimate of drug-likeness (QED) is 0.0127. The van der Waals surface area contributed by atoms with Crippen LogP contribution in [0.15, 0.2) is 35.3 Å². The molecule has 10 atom stereocenters. The zero-order valence-corrected chi connectivity index (χ0v) is 49.5. The molecular formula is C53H89N15O15S. The molecule has 30 nitrogen and oxygen atoms in total. The van der Waals surface area contributed by atoms with Crippen molar-refractivity contribution in [2.75, 3.05) is 38.5 Å². The number of carbonyl (C=O) groups excluding carboxylic acids is 10. The molecule has 10 amide bonds. The van der Waals surface area contributed by atoms with Gasteiger partial charge in [-0.25, -0.2) is 4.79 Å². The molecule has 31 heteroatoms. The van der Waals surface area contributed by atoms with Gasteiger partial charge in [-0.1, -0.05) is 78.3 Å². The number of nitrogens with two attached hydrogens (primary N) is 4. The number of hydrogen-bond donors (Lipinski definition) is 18. The predicted molar refractivity (Wildman–Crippen MR) is 312 cm³/mol. The van der Waals surface area contributed by atoms with Gasteiger partial charge in [-0.05, 0) is 74.8 Å². The first-order valence-corrected chi connectivity index (χ1v) is 28.4. The molecule has 0 fully saturated rings. The number of carboxylic acid groups (broad SMARTS) is 2. The van der Waals surface area contributed by atoms with Crippen LogP contribution in [-0.4, -0.2) is 185 Å². The molecule has 21 N–H and O–H groups in total. The first-order valence-electron chi connectivity index (χ1n) is 27.7. The molecular weight excluding hydrogens is 1120 g/mol. The van der Waals surface area contributed by atoms with E-state index in [1.165, 1.54) is 0 Å². The number of rotatable bonds is 41. The molecule has 0 aliphatic heterocycles. The minimum Gasteiger partial charge on any atom is -0.481 e. The van der Waals surface area contributed by atoms with Gasteiger partial charge in [-0.15, -0.1) is 0 Å². The molecule has 472 valence electrons. The van der Waals surface area contributed by atoms with E-state index in [4.69, 9.17) is 22.9 Å². The van der Waals surface area contributed by atoms with Crippen LogP contribution < -0.4 is 76.1 Å². The van der Waals surface area contributed by atoms with Gasteiger partial charge < -0.3 is 91.4 Å². The van der Waals surface area contributed by atoms with Gasteiger partial charge in [0.2, 0.25) is 59.1 Å². The van der Waals surface area contributed by atoms with E-state index in [0.717, 1.165) is 0 Å². The fourth-order valence-electron chi connectivity index (χ4n) is 7.98. The average Bonchev–Trinajstić information content (AvgIpc) is 3.55. The van der Waals surface area contributed by atoms with Gasteiger partial charge in [0.1, 0.15) is 48.3 Å². The van der Waals surface area contributed by atoms with Gasteiger partial charge >= 0.3 is 11.9 Å². The van der Waals surface area contributed by atoms with Crippen LogP contribution in [0.4, 0.5) is 0 Å². The van der Waals surface area contributed by atoms with E-state index < -0.39 is 157 Å². The van der Waals surface area contributed by atoms with Crippen molar-refractivity contribution in [3.63, 3.8) is 0 Å². The number of carbonyl (C=O) groups is 12. The van der Waals surface area contributed by atoms with Crippen molar-refractivity contribution in [3.05, 3.63) is 35.9 Å². The van der Waals surface area contributed by atoms with Gasteiger partial charge in [0.05, 0.1) is 32.2 Å². The van der Waals surface area contributed by atoms with Crippen molar-refractivity contribution in [1.82, 2.24) is 53.2 Å². The van der Waals surface area contributed by atoms with Crippen LogP contribution in [0.1, 0.15) is 105 Å². The lowest BCUT2D eigenvalue weighted by atomic mass is 9.98. The Morgan fingerprint density at radius 1 is 0.560 bits per heavy atom. The molecule has 1 aromatic rings. The summed E-state index contributed by atoms with van der Waals surface area (Å²) >= 11 is 4.12. The fraction of sp³-hybridized carbons (Fsp3) is 0.642. The summed E-state index contributed by atoms with van der Waals surface area (Å²) in [5, 5.41) is 53.8. The second kappa shape index (κ2) is 39.8.